The standard InChI is InChI=1S/C16H22N2O3/c1-10-6-11(2)17-14(20)13(10)15(21)18-7-12-4-3-5-16(12,8-18)9-19/h6,12,19H,3-5,7-9H2,1-2H3,(H,17,20)/t12-,16+/m1/s1. The fourth-order valence-corrected chi connectivity index (χ4v) is 4.11. The Labute approximate surface area is 124 Å². The first-order valence-corrected chi connectivity index (χ1v) is 7.57. The van der Waals surface area contributed by atoms with E-state index >= 15 is 0 Å². The van der Waals surface area contributed by atoms with Crippen molar-refractivity contribution in [3.8, 4) is 0 Å². The number of likely N-dealkylation sites (tertiary alicyclic amines) is 1. The zero-order chi connectivity index (χ0) is 15.2. The molecule has 0 bridgehead atoms. The van der Waals surface area contributed by atoms with E-state index in [4.69, 9.17) is 0 Å². The van der Waals surface area contributed by atoms with Crippen molar-refractivity contribution in [1.29, 1.82) is 0 Å². The fraction of sp³-hybridized carbons (Fsp3) is 0.625. The van der Waals surface area contributed by atoms with Crippen LogP contribution in [-0.4, -0.2) is 40.6 Å². The maximum atomic E-state index is 12.7. The summed E-state index contributed by atoms with van der Waals surface area (Å²) in [5.74, 6) is 0.173. The molecule has 0 spiro atoms. The molecule has 5 heteroatoms. The van der Waals surface area contributed by atoms with Crippen LogP contribution in [-0.2, 0) is 0 Å². The Hall–Kier alpha value is -1.62. The molecule has 2 fully saturated rings. The van der Waals surface area contributed by atoms with Crippen LogP contribution in [0.25, 0.3) is 0 Å². The third kappa shape index (κ3) is 2.20. The predicted octanol–water partition coefficient (Wildman–Crippen LogP) is 1.23. The Balaban J connectivity index is 1.90. The molecule has 2 atom stereocenters. The van der Waals surface area contributed by atoms with E-state index in [0.717, 1.165) is 30.5 Å². The lowest BCUT2D eigenvalue weighted by Crippen LogP contribution is -2.37. The Morgan fingerprint density at radius 3 is 2.90 bits per heavy atom. The van der Waals surface area contributed by atoms with Gasteiger partial charge in [-0.25, -0.2) is 0 Å². The molecular formula is C16H22N2O3. The number of nitrogens with zero attached hydrogens (tertiary/aromatic N) is 1. The minimum atomic E-state index is -0.312. The molecule has 114 valence electrons. The predicted molar refractivity (Wildman–Crippen MR) is 79.3 cm³/mol. The molecule has 2 aliphatic rings. The summed E-state index contributed by atoms with van der Waals surface area (Å²) in [5, 5.41) is 9.74. The van der Waals surface area contributed by atoms with Crippen molar-refractivity contribution < 1.29 is 9.90 Å². The van der Waals surface area contributed by atoms with Crippen LogP contribution < -0.4 is 5.56 Å². The van der Waals surface area contributed by atoms with Crippen LogP contribution in [0, 0.1) is 25.2 Å². The van der Waals surface area contributed by atoms with E-state index in [1.54, 1.807) is 11.8 Å². The minimum absolute atomic E-state index is 0.130. The van der Waals surface area contributed by atoms with Crippen LogP contribution in [0.4, 0.5) is 0 Å². The summed E-state index contributed by atoms with van der Waals surface area (Å²) in [5.41, 5.74) is 1.28. The number of H-pyrrole nitrogens is 1. The molecule has 1 aromatic heterocycles. The zero-order valence-electron chi connectivity index (χ0n) is 12.6. The van der Waals surface area contributed by atoms with Gasteiger partial charge in [-0.2, -0.15) is 0 Å². The van der Waals surface area contributed by atoms with Crippen molar-refractivity contribution in [3.63, 3.8) is 0 Å². The van der Waals surface area contributed by atoms with Crippen LogP contribution in [0.5, 0.6) is 0 Å². The molecule has 0 unspecified atom stereocenters. The van der Waals surface area contributed by atoms with Gasteiger partial charge in [0.25, 0.3) is 11.5 Å². The summed E-state index contributed by atoms with van der Waals surface area (Å²) < 4.78 is 0. The molecule has 5 nitrogen and oxygen atoms in total. The van der Waals surface area contributed by atoms with Gasteiger partial charge in [-0.15, -0.1) is 0 Å². The van der Waals surface area contributed by atoms with E-state index in [0.29, 0.717) is 19.0 Å². The first-order valence-electron chi connectivity index (χ1n) is 7.57. The van der Waals surface area contributed by atoms with Gasteiger partial charge >= 0.3 is 0 Å². The Morgan fingerprint density at radius 1 is 1.52 bits per heavy atom. The van der Waals surface area contributed by atoms with Crippen LogP contribution in [0.2, 0.25) is 0 Å². The van der Waals surface area contributed by atoms with Gasteiger partial charge in [-0.3, -0.25) is 9.59 Å². The highest BCUT2D eigenvalue weighted by atomic mass is 16.3. The number of aliphatic hydroxyl groups excluding tert-OH is 1. The summed E-state index contributed by atoms with van der Waals surface area (Å²) in [4.78, 5) is 29.3. The van der Waals surface area contributed by atoms with Gasteiger partial charge < -0.3 is 15.0 Å². The maximum absolute atomic E-state index is 12.7. The molecule has 1 aliphatic heterocycles. The van der Waals surface area contributed by atoms with Gasteiger partial charge in [0.2, 0.25) is 0 Å². The number of pyridine rings is 1. The first kappa shape index (κ1) is 14.3. The number of fused-ring (bicyclic) bond motifs is 1. The molecule has 0 radical (unpaired) electrons. The van der Waals surface area contributed by atoms with Gasteiger partial charge in [0.1, 0.15) is 5.56 Å². The second-order valence-electron chi connectivity index (χ2n) is 6.63. The average molecular weight is 290 g/mol. The maximum Gasteiger partial charge on any atom is 0.261 e. The molecule has 1 aromatic rings. The molecule has 21 heavy (non-hydrogen) atoms. The third-order valence-corrected chi connectivity index (χ3v) is 5.22. The van der Waals surface area contributed by atoms with Crippen LogP contribution in [0.1, 0.15) is 40.9 Å². The number of hydrogen-bond donors (Lipinski definition) is 2. The van der Waals surface area contributed by atoms with Crippen molar-refractivity contribution in [3.05, 3.63) is 33.2 Å². The van der Waals surface area contributed by atoms with Crippen molar-refractivity contribution >= 4 is 5.91 Å². The number of aromatic nitrogens is 1. The number of aryl methyl sites for hydroxylation is 2. The summed E-state index contributed by atoms with van der Waals surface area (Å²) in [6.45, 7) is 4.97. The topological polar surface area (TPSA) is 73.4 Å². The average Bonchev–Trinajstić information content (AvgIpc) is 2.93. The lowest BCUT2D eigenvalue weighted by atomic mass is 9.82. The lowest BCUT2D eigenvalue weighted by molar-refractivity contribution is 0.0732. The largest absolute Gasteiger partial charge is 0.396 e. The molecule has 1 aliphatic carbocycles. The van der Waals surface area contributed by atoms with Crippen LogP contribution >= 0.6 is 0 Å². The van der Waals surface area contributed by atoms with E-state index in [1.165, 1.54) is 0 Å². The van der Waals surface area contributed by atoms with Crippen molar-refractivity contribution in [2.75, 3.05) is 19.7 Å². The van der Waals surface area contributed by atoms with Crippen molar-refractivity contribution in [1.82, 2.24) is 9.88 Å². The zero-order valence-corrected chi connectivity index (χ0v) is 12.6. The van der Waals surface area contributed by atoms with Gasteiger partial charge in [-0.1, -0.05) is 6.42 Å². The molecule has 3 rings (SSSR count). The number of carbonyl (C=O) groups excluding carboxylic acids is 1. The number of rotatable bonds is 2. The number of amides is 1. The number of aromatic amines is 1. The van der Waals surface area contributed by atoms with Gasteiger partial charge in [-0.05, 0) is 44.2 Å². The highest BCUT2D eigenvalue weighted by Crippen LogP contribution is 2.48. The second-order valence-corrected chi connectivity index (χ2v) is 6.63. The molecule has 0 aromatic carbocycles. The quantitative estimate of drug-likeness (QED) is 0.860. The van der Waals surface area contributed by atoms with Gasteiger partial charge in [0, 0.05) is 24.2 Å². The summed E-state index contributed by atoms with van der Waals surface area (Å²) in [7, 11) is 0. The van der Waals surface area contributed by atoms with Crippen LogP contribution in [0.15, 0.2) is 10.9 Å². The van der Waals surface area contributed by atoms with Crippen molar-refractivity contribution in [2.24, 2.45) is 11.3 Å². The number of carbonyl (C=O) groups is 1. The van der Waals surface area contributed by atoms with Gasteiger partial charge in [0.05, 0.1) is 6.61 Å². The fourth-order valence-electron chi connectivity index (χ4n) is 4.11. The van der Waals surface area contributed by atoms with E-state index in [-0.39, 0.29) is 29.1 Å². The minimum Gasteiger partial charge on any atom is -0.396 e. The van der Waals surface area contributed by atoms with Crippen LogP contribution in [0.3, 0.4) is 0 Å². The van der Waals surface area contributed by atoms with E-state index in [2.05, 4.69) is 4.98 Å². The SMILES string of the molecule is Cc1cc(C)c(C(=O)N2C[C@H]3CCC[C@@]3(CO)C2)c(=O)[nH]1. The molecule has 2 N–H and O–H groups in total. The smallest absolute Gasteiger partial charge is 0.261 e. The summed E-state index contributed by atoms with van der Waals surface area (Å²) >= 11 is 0. The monoisotopic (exact) mass is 290 g/mol. The molecule has 1 amide bonds. The first-order chi connectivity index (χ1) is 9.97. The van der Waals surface area contributed by atoms with Gasteiger partial charge in [0.15, 0.2) is 0 Å². The summed E-state index contributed by atoms with van der Waals surface area (Å²) in [6.07, 6.45) is 3.16. The Morgan fingerprint density at radius 2 is 2.29 bits per heavy atom. The Kier molecular flexibility index (Phi) is 3.40. The summed E-state index contributed by atoms with van der Waals surface area (Å²) in [6, 6.07) is 1.83. The highest BCUT2D eigenvalue weighted by molar-refractivity contribution is 5.95. The molecular weight excluding hydrogens is 268 g/mol. The molecule has 2 heterocycles. The molecule has 1 saturated heterocycles. The number of aliphatic hydroxyl groups is 1. The third-order valence-electron chi connectivity index (χ3n) is 5.22. The number of hydrogen-bond acceptors (Lipinski definition) is 3. The van der Waals surface area contributed by atoms with E-state index in [1.807, 2.05) is 13.0 Å². The normalized spacial score (nSPS) is 28.0. The number of nitrogens with one attached hydrogen (secondary N) is 1. The highest BCUT2D eigenvalue weighted by Gasteiger charge is 2.50. The lowest BCUT2D eigenvalue weighted by Gasteiger charge is -2.26. The Bertz CT molecular complexity index is 637. The second kappa shape index (κ2) is 4.98. The van der Waals surface area contributed by atoms with Crippen molar-refractivity contribution in [2.45, 2.75) is 33.1 Å². The van der Waals surface area contributed by atoms with E-state index < -0.39 is 0 Å². The van der Waals surface area contributed by atoms with E-state index in [9.17, 15) is 14.7 Å². The molecule has 1 saturated carbocycles.